The molecule has 0 atom stereocenters. The molecule has 0 aliphatic rings. The Labute approximate surface area is 114 Å². The summed E-state index contributed by atoms with van der Waals surface area (Å²) >= 11 is 0. The number of rotatable bonds is 4. The topological polar surface area (TPSA) is 63.8 Å². The van der Waals surface area contributed by atoms with E-state index in [1.165, 1.54) is 17.5 Å². The number of nitrogens with two attached hydrogens (primary N) is 1. The van der Waals surface area contributed by atoms with Gasteiger partial charge in [-0.1, -0.05) is 43.7 Å². The maximum atomic E-state index is 5.92. The number of aromatic nitrogens is 2. The number of anilines is 2. The van der Waals surface area contributed by atoms with E-state index < -0.39 is 0 Å². The lowest BCUT2D eigenvalue weighted by Crippen LogP contribution is -2.09. The lowest BCUT2D eigenvalue weighted by atomic mass is 10.0. The Morgan fingerprint density at radius 2 is 2.05 bits per heavy atom. The van der Waals surface area contributed by atoms with Gasteiger partial charge in [-0.15, -0.1) is 0 Å². The first-order valence-electron chi connectivity index (χ1n) is 6.47. The summed E-state index contributed by atoms with van der Waals surface area (Å²) in [4.78, 5) is 8.35. The zero-order valence-corrected chi connectivity index (χ0v) is 11.6. The van der Waals surface area contributed by atoms with Crippen molar-refractivity contribution < 1.29 is 0 Å². The van der Waals surface area contributed by atoms with Crippen LogP contribution < -0.4 is 11.1 Å². The van der Waals surface area contributed by atoms with Crippen LogP contribution in [0.15, 0.2) is 30.6 Å². The SMILES string of the molecule is Cc1cccc(CNc2ncnc(N)c2C(C)C)c1. The van der Waals surface area contributed by atoms with Gasteiger partial charge < -0.3 is 11.1 Å². The molecule has 0 saturated heterocycles. The smallest absolute Gasteiger partial charge is 0.135 e. The minimum Gasteiger partial charge on any atom is -0.383 e. The number of hydrogen-bond acceptors (Lipinski definition) is 4. The molecule has 4 heteroatoms. The van der Waals surface area contributed by atoms with E-state index in [-0.39, 0.29) is 0 Å². The highest BCUT2D eigenvalue weighted by molar-refractivity contribution is 5.56. The second kappa shape index (κ2) is 5.69. The van der Waals surface area contributed by atoms with Crippen molar-refractivity contribution in [1.82, 2.24) is 9.97 Å². The second-order valence-electron chi connectivity index (χ2n) is 5.02. The van der Waals surface area contributed by atoms with Crippen LogP contribution in [0.25, 0.3) is 0 Å². The third kappa shape index (κ3) is 3.22. The van der Waals surface area contributed by atoms with Gasteiger partial charge in [0.1, 0.15) is 18.0 Å². The van der Waals surface area contributed by atoms with Crippen molar-refractivity contribution in [3.8, 4) is 0 Å². The van der Waals surface area contributed by atoms with Gasteiger partial charge >= 0.3 is 0 Å². The number of aryl methyl sites for hydroxylation is 1. The van der Waals surface area contributed by atoms with Gasteiger partial charge in [-0.05, 0) is 18.4 Å². The molecule has 1 heterocycles. The van der Waals surface area contributed by atoms with Crippen LogP contribution in [0.3, 0.4) is 0 Å². The van der Waals surface area contributed by atoms with E-state index in [0.29, 0.717) is 11.7 Å². The van der Waals surface area contributed by atoms with Gasteiger partial charge in [0.05, 0.1) is 0 Å². The first-order chi connectivity index (χ1) is 9.08. The molecule has 2 rings (SSSR count). The zero-order valence-electron chi connectivity index (χ0n) is 11.6. The van der Waals surface area contributed by atoms with Crippen molar-refractivity contribution in [2.24, 2.45) is 0 Å². The standard InChI is InChI=1S/C15H20N4/c1-10(2)13-14(16)18-9-19-15(13)17-8-12-6-4-5-11(3)7-12/h4-7,9-10H,8H2,1-3H3,(H3,16,17,18,19). The van der Waals surface area contributed by atoms with Gasteiger partial charge in [0.15, 0.2) is 0 Å². The van der Waals surface area contributed by atoms with Gasteiger partial charge in [0.25, 0.3) is 0 Å². The fourth-order valence-corrected chi connectivity index (χ4v) is 2.13. The molecule has 0 bridgehead atoms. The van der Waals surface area contributed by atoms with Crippen molar-refractivity contribution in [3.05, 3.63) is 47.3 Å². The predicted molar refractivity (Wildman–Crippen MR) is 79.0 cm³/mol. The molecule has 1 aromatic heterocycles. The summed E-state index contributed by atoms with van der Waals surface area (Å²) in [5.74, 6) is 1.67. The molecule has 100 valence electrons. The summed E-state index contributed by atoms with van der Waals surface area (Å²) in [7, 11) is 0. The number of nitrogens with zero attached hydrogens (tertiary/aromatic N) is 2. The molecule has 0 aliphatic heterocycles. The van der Waals surface area contributed by atoms with E-state index in [0.717, 1.165) is 17.9 Å². The molecule has 0 radical (unpaired) electrons. The van der Waals surface area contributed by atoms with Crippen molar-refractivity contribution in [1.29, 1.82) is 0 Å². The minimum atomic E-state index is 0.293. The molecule has 3 N–H and O–H groups in total. The molecule has 2 aromatic rings. The highest BCUT2D eigenvalue weighted by Gasteiger charge is 2.12. The van der Waals surface area contributed by atoms with Gasteiger partial charge in [0.2, 0.25) is 0 Å². The van der Waals surface area contributed by atoms with Gasteiger partial charge in [0, 0.05) is 12.1 Å². The molecule has 0 amide bonds. The summed E-state index contributed by atoms with van der Waals surface area (Å²) < 4.78 is 0. The van der Waals surface area contributed by atoms with Crippen LogP contribution in [-0.2, 0) is 6.54 Å². The van der Waals surface area contributed by atoms with Crippen molar-refractivity contribution in [3.63, 3.8) is 0 Å². The Balaban J connectivity index is 2.18. The van der Waals surface area contributed by atoms with Crippen molar-refractivity contribution in [2.75, 3.05) is 11.1 Å². The fraction of sp³-hybridized carbons (Fsp3) is 0.333. The van der Waals surface area contributed by atoms with Crippen molar-refractivity contribution >= 4 is 11.6 Å². The minimum absolute atomic E-state index is 0.293. The van der Waals surface area contributed by atoms with E-state index in [2.05, 4.69) is 60.3 Å². The molecule has 19 heavy (non-hydrogen) atoms. The Morgan fingerprint density at radius 1 is 1.26 bits per heavy atom. The third-order valence-electron chi connectivity index (χ3n) is 3.03. The molecule has 0 spiro atoms. The van der Waals surface area contributed by atoms with Crippen LogP contribution in [-0.4, -0.2) is 9.97 Å². The van der Waals surface area contributed by atoms with Crippen LogP contribution in [0, 0.1) is 6.92 Å². The molecular formula is C15H20N4. The van der Waals surface area contributed by atoms with E-state index in [1.54, 1.807) is 0 Å². The maximum Gasteiger partial charge on any atom is 0.135 e. The van der Waals surface area contributed by atoms with E-state index in [4.69, 9.17) is 5.73 Å². The quantitative estimate of drug-likeness (QED) is 0.882. The molecular weight excluding hydrogens is 236 g/mol. The summed E-state index contributed by atoms with van der Waals surface area (Å²) in [6.07, 6.45) is 1.50. The Hall–Kier alpha value is -2.10. The Morgan fingerprint density at radius 3 is 2.74 bits per heavy atom. The normalized spacial score (nSPS) is 10.7. The average Bonchev–Trinajstić information content (AvgIpc) is 2.36. The van der Waals surface area contributed by atoms with E-state index in [1.807, 2.05) is 0 Å². The van der Waals surface area contributed by atoms with Gasteiger partial charge in [-0.3, -0.25) is 0 Å². The first-order valence-corrected chi connectivity index (χ1v) is 6.47. The van der Waals surface area contributed by atoms with E-state index in [9.17, 15) is 0 Å². The molecule has 0 saturated carbocycles. The Bertz CT molecular complexity index is 564. The average molecular weight is 256 g/mol. The van der Waals surface area contributed by atoms with Crippen LogP contribution in [0.2, 0.25) is 0 Å². The van der Waals surface area contributed by atoms with Crippen molar-refractivity contribution in [2.45, 2.75) is 33.2 Å². The molecule has 0 unspecified atom stereocenters. The van der Waals surface area contributed by atoms with Crippen LogP contribution >= 0.6 is 0 Å². The lowest BCUT2D eigenvalue weighted by molar-refractivity contribution is 0.849. The molecule has 0 aliphatic carbocycles. The van der Waals surface area contributed by atoms with Crippen LogP contribution in [0.4, 0.5) is 11.6 Å². The molecule has 0 fully saturated rings. The Kier molecular flexibility index (Phi) is 4.00. The highest BCUT2D eigenvalue weighted by Crippen LogP contribution is 2.26. The monoisotopic (exact) mass is 256 g/mol. The summed E-state index contributed by atoms with van der Waals surface area (Å²) in [6, 6.07) is 8.40. The molecule has 1 aromatic carbocycles. The largest absolute Gasteiger partial charge is 0.383 e. The summed E-state index contributed by atoms with van der Waals surface area (Å²) in [6.45, 7) is 7.00. The molecule has 4 nitrogen and oxygen atoms in total. The summed E-state index contributed by atoms with van der Waals surface area (Å²) in [5, 5.41) is 3.35. The number of nitrogen functional groups attached to an aromatic ring is 1. The second-order valence-corrected chi connectivity index (χ2v) is 5.02. The lowest BCUT2D eigenvalue weighted by Gasteiger charge is -2.15. The van der Waals surface area contributed by atoms with Crippen LogP contribution in [0.1, 0.15) is 36.5 Å². The fourth-order valence-electron chi connectivity index (χ4n) is 2.13. The summed E-state index contributed by atoms with van der Waals surface area (Å²) in [5.41, 5.74) is 9.39. The number of hydrogen-bond donors (Lipinski definition) is 2. The maximum absolute atomic E-state index is 5.92. The van der Waals surface area contributed by atoms with Crippen LogP contribution in [0.5, 0.6) is 0 Å². The highest BCUT2D eigenvalue weighted by atomic mass is 15.0. The number of benzene rings is 1. The third-order valence-corrected chi connectivity index (χ3v) is 3.03. The number of nitrogens with one attached hydrogen (secondary N) is 1. The van der Waals surface area contributed by atoms with Gasteiger partial charge in [-0.2, -0.15) is 0 Å². The van der Waals surface area contributed by atoms with Gasteiger partial charge in [-0.25, -0.2) is 9.97 Å². The van der Waals surface area contributed by atoms with E-state index >= 15 is 0 Å². The first kappa shape index (κ1) is 13.3. The predicted octanol–water partition coefficient (Wildman–Crippen LogP) is 3.10. The zero-order chi connectivity index (χ0) is 13.8.